The molecule has 0 spiro atoms. The summed E-state index contributed by atoms with van der Waals surface area (Å²) >= 11 is 0. The number of carboxylic acids is 1. The molecule has 2 amide bonds. The first-order chi connectivity index (χ1) is 17.0. The Balaban J connectivity index is 1.05. The maximum atomic E-state index is 12.4. The number of carboxylic acid groups (broad SMARTS) is 1. The first-order valence-corrected chi connectivity index (χ1v) is 12.3. The molecule has 5 rings (SSSR count). The molecular weight excluding hydrogens is 444 g/mol. The maximum absolute atomic E-state index is 12.4. The highest BCUT2D eigenvalue weighted by Gasteiger charge is 2.34. The minimum absolute atomic E-state index is 0.00872. The number of aliphatic carboxylic acids is 1. The number of fused-ring (bicyclic) bond motifs is 3. The van der Waals surface area contributed by atoms with Gasteiger partial charge in [0.05, 0.1) is 5.92 Å². The lowest BCUT2D eigenvalue weighted by Crippen LogP contribution is -2.46. The summed E-state index contributed by atoms with van der Waals surface area (Å²) in [7, 11) is 0. The van der Waals surface area contributed by atoms with E-state index in [1.54, 1.807) is 0 Å². The van der Waals surface area contributed by atoms with Crippen LogP contribution in [0.3, 0.4) is 0 Å². The molecule has 3 N–H and O–H groups in total. The molecule has 182 valence electrons. The second kappa shape index (κ2) is 9.94. The lowest BCUT2D eigenvalue weighted by atomic mass is 9.78. The summed E-state index contributed by atoms with van der Waals surface area (Å²) in [6.07, 6.45) is 6.05. The van der Waals surface area contributed by atoms with Gasteiger partial charge >= 0.3 is 12.1 Å². The van der Waals surface area contributed by atoms with Crippen LogP contribution in [0.25, 0.3) is 11.1 Å². The zero-order chi connectivity index (χ0) is 24.4. The predicted octanol–water partition coefficient (Wildman–Crippen LogP) is 4.23. The molecule has 0 aliphatic heterocycles. The van der Waals surface area contributed by atoms with Gasteiger partial charge in [0.25, 0.3) is 0 Å². The van der Waals surface area contributed by atoms with Gasteiger partial charge in [-0.25, -0.2) is 4.79 Å². The van der Waals surface area contributed by atoms with Crippen molar-refractivity contribution in [2.24, 2.45) is 11.8 Å². The molecule has 2 unspecified atom stereocenters. The van der Waals surface area contributed by atoms with Crippen molar-refractivity contribution in [2.75, 3.05) is 6.61 Å². The van der Waals surface area contributed by atoms with Gasteiger partial charge in [-0.3, -0.25) is 9.59 Å². The third kappa shape index (κ3) is 5.09. The van der Waals surface area contributed by atoms with Crippen LogP contribution in [0, 0.1) is 11.8 Å². The Morgan fingerprint density at radius 1 is 0.914 bits per heavy atom. The average Bonchev–Trinajstić information content (AvgIpc) is 3.15. The monoisotopic (exact) mass is 474 g/mol. The summed E-state index contributed by atoms with van der Waals surface area (Å²) < 4.78 is 5.61. The number of carbonyl (C=O) groups excluding carboxylic acids is 2. The van der Waals surface area contributed by atoms with Crippen LogP contribution in [-0.2, 0) is 14.3 Å². The van der Waals surface area contributed by atoms with Crippen molar-refractivity contribution < 1.29 is 24.2 Å². The fourth-order valence-electron chi connectivity index (χ4n) is 5.55. The second-order valence-corrected chi connectivity index (χ2v) is 9.82. The summed E-state index contributed by atoms with van der Waals surface area (Å²) in [5.74, 6) is -1.11. The van der Waals surface area contributed by atoms with Crippen molar-refractivity contribution in [3.8, 4) is 11.1 Å². The van der Waals surface area contributed by atoms with E-state index < -0.39 is 18.0 Å². The van der Waals surface area contributed by atoms with E-state index in [0.717, 1.165) is 12.8 Å². The number of amides is 2. The van der Waals surface area contributed by atoms with E-state index in [2.05, 4.69) is 34.9 Å². The number of alkyl carbamates (subject to hydrolysis) is 1. The molecule has 0 saturated heterocycles. The van der Waals surface area contributed by atoms with Crippen molar-refractivity contribution in [3.63, 3.8) is 0 Å². The molecule has 35 heavy (non-hydrogen) atoms. The van der Waals surface area contributed by atoms with Gasteiger partial charge in [-0.15, -0.1) is 0 Å². The number of rotatable bonds is 7. The van der Waals surface area contributed by atoms with Gasteiger partial charge in [-0.05, 0) is 53.9 Å². The predicted molar refractivity (Wildman–Crippen MR) is 131 cm³/mol. The molecule has 0 radical (unpaired) electrons. The Morgan fingerprint density at radius 2 is 1.57 bits per heavy atom. The zero-order valence-corrected chi connectivity index (χ0v) is 19.5. The first-order valence-electron chi connectivity index (χ1n) is 12.3. The number of hydrogen-bond donors (Lipinski definition) is 3. The topological polar surface area (TPSA) is 105 Å². The molecule has 0 bridgehead atoms. The molecule has 1 fully saturated rings. The van der Waals surface area contributed by atoms with Crippen molar-refractivity contribution >= 4 is 18.0 Å². The van der Waals surface area contributed by atoms with Crippen LogP contribution in [0.2, 0.25) is 0 Å². The summed E-state index contributed by atoms with van der Waals surface area (Å²) in [6, 6.07) is 16.2. The number of carbonyl (C=O) groups is 3. The molecular formula is C28H30N2O5. The molecule has 3 aliphatic carbocycles. The first kappa shape index (κ1) is 23.1. The third-order valence-electron chi connectivity index (χ3n) is 7.40. The van der Waals surface area contributed by atoms with Gasteiger partial charge < -0.3 is 20.5 Å². The van der Waals surface area contributed by atoms with Crippen molar-refractivity contribution in [2.45, 2.75) is 50.1 Å². The Kier molecular flexibility index (Phi) is 6.57. The van der Waals surface area contributed by atoms with Crippen molar-refractivity contribution in [3.05, 3.63) is 71.8 Å². The van der Waals surface area contributed by atoms with Crippen LogP contribution in [-0.4, -0.2) is 41.8 Å². The molecule has 1 saturated carbocycles. The number of allylic oxidation sites excluding steroid dienone is 1. The molecule has 2 atom stereocenters. The van der Waals surface area contributed by atoms with Gasteiger partial charge in [0.1, 0.15) is 6.61 Å². The van der Waals surface area contributed by atoms with Crippen LogP contribution >= 0.6 is 0 Å². The Labute approximate surface area is 204 Å². The molecule has 2 aromatic rings. The lowest BCUT2D eigenvalue weighted by molar-refractivity contribution is -0.142. The SMILES string of the molecule is O=C(CC1CC(NC(=O)OCC2c3ccccc3-c3ccccc32)C1)NC1C=CCC(C(=O)O)C1. The fourth-order valence-corrected chi connectivity index (χ4v) is 5.55. The Hall–Kier alpha value is -3.61. The quantitative estimate of drug-likeness (QED) is 0.521. The largest absolute Gasteiger partial charge is 0.481 e. The van der Waals surface area contributed by atoms with Gasteiger partial charge in [-0.1, -0.05) is 60.7 Å². The molecule has 2 aromatic carbocycles. The van der Waals surface area contributed by atoms with E-state index in [1.165, 1.54) is 22.3 Å². The van der Waals surface area contributed by atoms with Crippen LogP contribution < -0.4 is 10.6 Å². The van der Waals surface area contributed by atoms with Crippen LogP contribution in [0.4, 0.5) is 4.79 Å². The highest BCUT2D eigenvalue weighted by atomic mass is 16.5. The number of benzene rings is 2. The molecule has 3 aliphatic rings. The summed E-state index contributed by atoms with van der Waals surface area (Å²) in [5.41, 5.74) is 4.75. The van der Waals surface area contributed by atoms with E-state index in [0.29, 0.717) is 19.3 Å². The van der Waals surface area contributed by atoms with Gasteiger partial charge in [0.2, 0.25) is 5.91 Å². The average molecular weight is 475 g/mol. The molecule has 7 heteroatoms. The van der Waals surface area contributed by atoms with Crippen molar-refractivity contribution in [1.82, 2.24) is 10.6 Å². The third-order valence-corrected chi connectivity index (χ3v) is 7.40. The molecule has 0 heterocycles. The van der Waals surface area contributed by atoms with E-state index in [1.807, 2.05) is 36.4 Å². The van der Waals surface area contributed by atoms with E-state index in [4.69, 9.17) is 4.74 Å². The minimum atomic E-state index is -0.824. The number of hydrogen-bond acceptors (Lipinski definition) is 4. The van der Waals surface area contributed by atoms with Gasteiger partial charge in [-0.2, -0.15) is 0 Å². The lowest BCUT2D eigenvalue weighted by Gasteiger charge is -2.35. The van der Waals surface area contributed by atoms with Gasteiger partial charge in [0.15, 0.2) is 0 Å². The van der Waals surface area contributed by atoms with Crippen LogP contribution in [0.1, 0.15) is 49.1 Å². The Morgan fingerprint density at radius 3 is 2.23 bits per heavy atom. The summed E-state index contributed by atoms with van der Waals surface area (Å²) in [4.78, 5) is 36.0. The number of ether oxygens (including phenoxy) is 1. The molecule has 7 nitrogen and oxygen atoms in total. The minimum Gasteiger partial charge on any atom is -0.481 e. The standard InChI is InChI=1S/C28H30N2O5/c31-26(29-19-7-5-6-18(15-19)27(32)33)14-17-12-20(13-17)30-28(34)35-16-25-23-10-3-1-8-21(23)22-9-2-4-11-24(22)25/h1-5,7-11,17-20,25H,6,12-16H2,(H,29,31)(H,30,34)(H,32,33). The smallest absolute Gasteiger partial charge is 0.407 e. The van der Waals surface area contributed by atoms with Crippen LogP contribution in [0.5, 0.6) is 0 Å². The van der Waals surface area contributed by atoms with E-state index >= 15 is 0 Å². The van der Waals surface area contributed by atoms with Crippen LogP contribution in [0.15, 0.2) is 60.7 Å². The zero-order valence-electron chi connectivity index (χ0n) is 19.5. The molecule has 0 aromatic heterocycles. The second-order valence-electron chi connectivity index (χ2n) is 9.82. The van der Waals surface area contributed by atoms with Gasteiger partial charge in [0, 0.05) is 24.4 Å². The van der Waals surface area contributed by atoms with E-state index in [9.17, 15) is 19.5 Å². The highest BCUT2D eigenvalue weighted by Crippen LogP contribution is 2.44. The fraction of sp³-hybridized carbons (Fsp3) is 0.393. The summed E-state index contributed by atoms with van der Waals surface area (Å²) in [5, 5.41) is 15.0. The van der Waals surface area contributed by atoms with Crippen molar-refractivity contribution in [1.29, 1.82) is 0 Å². The Bertz CT molecular complexity index is 1110. The summed E-state index contributed by atoms with van der Waals surface area (Å²) in [6.45, 7) is 0.282. The maximum Gasteiger partial charge on any atom is 0.407 e. The number of nitrogens with one attached hydrogen (secondary N) is 2. The highest BCUT2D eigenvalue weighted by molar-refractivity contribution is 5.79. The van der Waals surface area contributed by atoms with E-state index in [-0.39, 0.29) is 36.4 Å². The normalized spacial score (nSPS) is 24.6.